The molecule has 1 heterocycles. The first-order valence-electron chi connectivity index (χ1n) is 5.44. The van der Waals surface area contributed by atoms with Gasteiger partial charge in [0, 0.05) is 26.7 Å². The smallest absolute Gasteiger partial charge is 0.140 e. The zero-order valence-electron chi connectivity index (χ0n) is 9.35. The SMILES string of the molecule is COCC1CCN(CCC(N)=NO)CC1. The molecule has 3 N–H and O–H groups in total. The molecule has 0 aromatic heterocycles. The van der Waals surface area contributed by atoms with Gasteiger partial charge in [-0.2, -0.15) is 0 Å². The van der Waals surface area contributed by atoms with E-state index in [-0.39, 0.29) is 0 Å². The average Bonchev–Trinajstić information content (AvgIpc) is 2.28. The van der Waals surface area contributed by atoms with Gasteiger partial charge in [-0.15, -0.1) is 0 Å². The molecule has 0 atom stereocenters. The van der Waals surface area contributed by atoms with Crippen molar-refractivity contribution < 1.29 is 9.94 Å². The average molecular weight is 215 g/mol. The molecule has 1 rings (SSSR count). The highest BCUT2D eigenvalue weighted by molar-refractivity contribution is 5.79. The predicted molar refractivity (Wildman–Crippen MR) is 59.1 cm³/mol. The number of hydrogen-bond donors (Lipinski definition) is 2. The highest BCUT2D eigenvalue weighted by Crippen LogP contribution is 2.17. The maximum atomic E-state index is 8.40. The second-order valence-electron chi connectivity index (χ2n) is 4.08. The Morgan fingerprint density at radius 3 is 2.73 bits per heavy atom. The lowest BCUT2D eigenvalue weighted by atomic mass is 9.98. The minimum Gasteiger partial charge on any atom is -0.409 e. The summed E-state index contributed by atoms with van der Waals surface area (Å²) >= 11 is 0. The fraction of sp³-hybridized carbons (Fsp3) is 0.900. The van der Waals surface area contributed by atoms with Crippen molar-refractivity contribution in [2.45, 2.75) is 19.3 Å². The van der Waals surface area contributed by atoms with Gasteiger partial charge in [0.2, 0.25) is 0 Å². The Morgan fingerprint density at radius 2 is 2.20 bits per heavy atom. The molecule has 0 spiro atoms. The van der Waals surface area contributed by atoms with Crippen LogP contribution in [0.1, 0.15) is 19.3 Å². The Bertz CT molecular complexity index is 201. The number of ether oxygens (including phenoxy) is 1. The quantitative estimate of drug-likeness (QED) is 0.303. The number of amidine groups is 1. The van der Waals surface area contributed by atoms with Crippen LogP contribution in [0.4, 0.5) is 0 Å². The molecule has 15 heavy (non-hydrogen) atoms. The molecule has 5 nitrogen and oxygen atoms in total. The van der Waals surface area contributed by atoms with E-state index >= 15 is 0 Å². The summed E-state index contributed by atoms with van der Waals surface area (Å²) in [6.45, 7) is 3.93. The lowest BCUT2D eigenvalue weighted by molar-refractivity contribution is 0.101. The monoisotopic (exact) mass is 215 g/mol. The number of oxime groups is 1. The highest BCUT2D eigenvalue weighted by Gasteiger charge is 2.18. The first-order valence-corrected chi connectivity index (χ1v) is 5.44. The molecule has 0 aromatic carbocycles. The molecule has 0 amide bonds. The van der Waals surface area contributed by atoms with Gasteiger partial charge in [0.05, 0.1) is 0 Å². The van der Waals surface area contributed by atoms with Crippen molar-refractivity contribution in [3.05, 3.63) is 0 Å². The van der Waals surface area contributed by atoms with Crippen molar-refractivity contribution in [2.24, 2.45) is 16.8 Å². The van der Waals surface area contributed by atoms with E-state index in [0.717, 1.165) is 26.2 Å². The van der Waals surface area contributed by atoms with Crippen molar-refractivity contribution in [3.8, 4) is 0 Å². The van der Waals surface area contributed by atoms with E-state index in [0.29, 0.717) is 18.2 Å². The number of likely N-dealkylation sites (tertiary alicyclic amines) is 1. The zero-order chi connectivity index (χ0) is 11.1. The van der Waals surface area contributed by atoms with Crippen LogP contribution in [0.15, 0.2) is 5.16 Å². The third kappa shape index (κ3) is 4.48. The molecule has 1 fully saturated rings. The van der Waals surface area contributed by atoms with Crippen LogP contribution >= 0.6 is 0 Å². The van der Waals surface area contributed by atoms with Crippen LogP contribution in [-0.4, -0.2) is 49.3 Å². The summed E-state index contributed by atoms with van der Waals surface area (Å²) < 4.78 is 5.14. The molecule has 0 aromatic rings. The maximum Gasteiger partial charge on any atom is 0.140 e. The number of methoxy groups -OCH3 is 1. The molecular weight excluding hydrogens is 194 g/mol. The van der Waals surface area contributed by atoms with Gasteiger partial charge in [-0.05, 0) is 31.8 Å². The van der Waals surface area contributed by atoms with Crippen LogP contribution in [0.3, 0.4) is 0 Å². The molecule has 0 saturated carbocycles. The van der Waals surface area contributed by atoms with E-state index in [2.05, 4.69) is 10.1 Å². The molecule has 88 valence electrons. The zero-order valence-corrected chi connectivity index (χ0v) is 9.35. The summed E-state index contributed by atoms with van der Waals surface area (Å²) in [5.74, 6) is 1.02. The van der Waals surface area contributed by atoms with E-state index < -0.39 is 0 Å². The standard InChI is InChI=1S/C10H21N3O2/c1-15-8-9-2-5-13(6-3-9)7-4-10(11)12-14/h9,14H,2-8H2,1H3,(H2,11,12). The lowest BCUT2D eigenvalue weighted by Crippen LogP contribution is -2.36. The van der Waals surface area contributed by atoms with Crippen LogP contribution in [0, 0.1) is 5.92 Å². The van der Waals surface area contributed by atoms with Crippen molar-refractivity contribution >= 4 is 5.84 Å². The third-order valence-corrected chi connectivity index (χ3v) is 2.92. The maximum absolute atomic E-state index is 8.40. The van der Waals surface area contributed by atoms with Crippen molar-refractivity contribution in [2.75, 3.05) is 33.4 Å². The van der Waals surface area contributed by atoms with Gasteiger partial charge in [0.1, 0.15) is 5.84 Å². The number of piperidine rings is 1. The van der Waals surface area contributed by atoms with E-state index in [1.807, 2.05) is 0 Å². The second-order valence-corrected chi connectivity index (χ2v) is 4.08. The van der Waals surface area contributed by atoms with Crippen LogP contribution in [-0.2, 0) is 4.74 Å². The van der Waals surface area contributed by atoms with Gasteiger partial charge in [-0.3, -0.25) is 0 Å². The van der Waals surface area contributed by atoms with Gasteiger partial charge >= 0.3 is 0 Å². The number of nitrogens with two attached hydrogens (primary N) is 1. The topological polar surface area (TPSA) is 71.1 Å². The molecule has 1 aliphatic heterocycles. The number of nitrogens with zero attached hydrogens (tertiary/aromatic N) is 2. The van der Waals surface area contributed by atoms with E-state index in [4.69, 9.17) is 15.7 Å². The van der Waals surface area contributed by atoms with Crippen LogP contribution in [0.25, 0.3) is 0 Å². The Labute approximate surface area is 90.9 Å². The first kappa shape index (κ1) is 12.3. The molecule has 0 unspecified atom stereocenters. The minimum atomic E-state index is 0.314. The molecule has 0 radical (unpaired) electrons. The van der Waals surface area contributed by atoms with Gasteiger partial charge in [0.25, 0.3) is 0 Å². The fourth-order valence-electron chi connectivity index (χ4n) is 1.94. The van der Waals surface area contributed by atoms with Crippen molar-refractivity contribution in [1.82, 2.24) is 4.90 Å². The summed E-state index contributed by atoms with van der Waals surface area (Å²) in [5.41, 5.74) is 5.42. The largest absolute Gasteiger partial charge is 0.409 e. The van der Waals surface area contributed by atoms with Crippen LogP contribution < -0.4 is 5.73 Å². The Kier molecular flexibility index (Phi) is 5.42. The summed E-state index contributed by atoms with van der Waals surface area (Å²) in [6, 6.07) is 0. The van der Waals surface area contributed by atoms with Crippen molar-refractivity contribution in [3.63, 3.8) is 0 Å². The predicted octanol–water partition coefficient (Wildman–Crippen LogP) is 0.481. The molecule has 5 heteroatoms. The lowest BCUT2D eigenvalue weighted by Gasteiger charge is -2.31. The summed E-state index contributed by atoms with van der Waals surface area (Å²) in [6.07, 6.45) is 3.01. The van der Waals surface area contributed by atoms with Gasteiger partial charge in [-0.1, -0.05) is 5.16 Å². The van der Waals surface area contributed by atoms with E-state index in [9.17, 15) is 0 Å². The first-order chi connectivity index (χ1) is 7.26. The summed E-state index contributed by atoms with van der Waals surface area (Å²) in [5, 5.41) is 11.4. The van der Waals surface area contributed by atoms with Crippen LogP contribution in [0.2, 0.25) is 0 Å². The Morgan fingerprint density at radius 1 is 1.53 bits per heavy atom. The third-order valence-electron chi connectivity index (χ3n) is 2.92. The Balaban J connectivity index is 2.14. The van der Waals surface area contributed by atoms with Gasteiger partial charge in [-0.25, -0.2) is 0 Å². The normalized spacial score (nSPS) is 20.7. The Hall–Kier alpha value is -0.810. The fourth-order valence-corrected chi connectivity index (χ4v) is 1.94. The molecule has 1 saturated heterocycles. The summed E-state index contributed by atoms with van der Waals surface area (Å²) in [7, 11) is 1.75. The van der Waals surface area contributed by atoms with Gasteiger partial charge < -0.3 is 20.6 Å². The molecule has 1 aliphatic rings. The number of hydrogen-bond acceptors (Lipinski definition) is 4. The second kappa shape index (κ2) is 6.63. The van der Waals surface area contributed by atoms with E-state index in [1.165, 1.54) is 12.8 Å². The molecular formula is C10H21N3O2. The van der Waals surface area contributed by atoms with Crippen LogP contribution in [0.5, 0.6) is 0 Å². The highest BCUT2D eigenvalue weighted by atomic mass is 16.5. The van der Waals surface area contributed by atoms with Gasteiger partial charge in [0.15, 0.2) is 0 Å². The molecule has 0 aliphatic carbocycles. The number of rotatable bonds is 5. The minimum absolute atomic E-state index is 0.314. The van der Waals surface area contributed by atoms with E-state index in [1.54, 1.807) is 7.11 Å². The van der Waals surface area contributed by atoms with Crippen molar-refractivity contribution in [1.29, 1.82) is 0 Å². The summed E-state index contributed by atoms with van der Waals surface area (Å²) in [4.78, 5) is 2.35. The molecule has 0 bridgehead atoms.